The second kappa shape index (κ2) is 5.35. The first-order valence-electron chi connectivity index (χ1n) is 5.78. The molecule has 0 fully saturated rings. The van der Waals surface area contributed by atoms with Crippen molar-refractivity contribution >= 4 is 11.6 Å². The molecule has 0 saturated heterocycles. The van der Waals surface area contributed by atoms with Crippen LogP contribution in [0.15, 0.2) is 36.7 Å². The van der Waals surface area contributed by atoms with Gasteiger partial charge in [-0.3, -0.25) is 4.79 Å². The third-order valence-electron chi connectivity index (χ3n) is 2.72. The first-order chi connectivity index (χ1) is 8.70. The molecule has 0 bridgehead atoms. The lowest BCUT2D eigenvalue weighted by Crippen LogP contribution is -2.19. The van der Waals surface area contributed by atoms with Crippen molar-refractivity contribution in [2.24, 2.45) is 0 Å². The van der Waals surface area contributed by atoms with Crippen LogP contribution in [-0.4, -0.2) is 22.5 Å². The molecular formula is C13H16N4O. The van der Waals surface area contributed by atoms with E-state index in [1.807, 2.05) is 35.0 Å². The number of nitrogens with two attached hydrogens (primary N) is 1. The second-order valence-electron chi connectivity index (χ2n) is 3.99. The molecule has 0 saturated carbocycles. The van der Waals surface area contributed by atoms with Gasteiger partial charge in [-0.25, -0.2) is 4.98 Å². The van der Waals surface area contributed by atoms with E-state index in [9.17, 15) is 4.79 Å². The summed E-state index contributed by atoms with van der Waals surface area (Å²) in [6.07, 6.45) is 4.02. The molecule has 0 spiro atoms. The zero-order valence-electron chi connectivity index (χ0n) is 10.3. The second-order valence-corrected chi connectivity index (χ2v) is 3.99. The number of carbonyl (C=O) groups is 1. The number of nitrogens with zero attached hydrogens (tertiary/aromatic N) is 2. The fourth-order valence-corrected chi connectivity index (χ4v) is 1.77. The number of benzene rings is 1. The summed E-state index contributed by atoms with van der Waals surface area (Å²) >= 11 is 0. The van der Waals surface area contributed by atoms with Crippen LogP contribution in [0.2, 0.25) is 0 Å². The van der Waals surface area contributed by atoms with Gasteiger partial charge in [0.2, 0.25) is 5.91 Å². The minimum absolute atomic E-state index is 0.0159. The molecule has 18 heavy (non-hydrogen) atoms. The molecule has 5 heteroatoms. The number of anilines is 1. The number of aromatic nitrogens is 2. The lowest BCUT2D eigenvalue weighted by atomic mass is 10.2. The summed E-state index contributed by atoms with van der Waals surface area (Å²) in [5, 5.41) is 2.60. The van der Waals surface area contributed by atoms with Crippen molar-refractivity contribution in [1.29, 1.82) is 0 Å². The van der Waals surface area contributed by atoms with E-state index in [1.54, 1.807) is 13.2 Å². The number of hydrogen-bond acceptors (Lipinski definition) is 3. The summed E-state index contributed by atoms with van der Waals surface area (Å²) < 4.78 is 1.95. The molecule has 2 rings (SSSR count). The Hall–Kier alpha value is -2.30. The summed E-state index contributed by atoms with van der Waals surface area (Å²) in [4.78, 5) is 15.6. The quantitative estimate of drug-likeness (QED) is 0.795. The van der Waals surface area contributed by atoms with Crippen LogP contribution in [-0.2, 0) is 11.3 Å². The first kappa shape index (κ1) is 12.2. The fraction of sp³-hybridized carbons (Fsp3) is 0.231. The summed E-state index contributed by atoms with van der Waals surface area (Å²) in [6, 6.07) is 7.55. The number of carbonyl (C=O) groups excluding carboxylic acids is 1. The lowest BCUT2D eigenvalue weighted by molar-refractivity contribution is -0.120. The molecule has 2 aromatic rings. The highest BCUT2D eigenvalue weighted by molar-refractivity contribution is 5.75. The molecule has 94 valence electrons. The van der Waals surface area contributed by atoms with E-state index >= 15 is 0 Å². The SMILES string of the molecule is CNC(=O)CCn1ccnc1-c1cccc(N)c1. The number of nitrogen functional groups attached to an aromatic ring is 1. The molecule has 0 unspecified atom stereocenters. The molecule has 0 radical (unpaired) electrons. The van der Waals surface area contributed by atoms with Crippen molar-refractivity contribution in [2.45, 2.75) is 13.0 Å². The zero-order chi connectivity index (χ0) is 13.0. The smallest absolute Gasteiger partial charge is 0.221 e. The van der Waals surface area contributed by atoms with E-state index < -0.39 is 0 Å². The largest absolute Gasteiger partial charge is 0.399 e. The maximum absolute atomic E-state index is 11.2. The summed E-state index contributed by atoms with van der Waals surface area (Å²) in [5.74, 6) is 0.841. The molecule has 1 amide bonds. The Bertz CT molecular complexity index is 547. The monoisotopic (exact) mass is 244 g/mol. The van der Waals surface area contributed by atoms with Crippen molar-refractivity contribution < 1.29 is 4.79 Å². The maximum atomic E-state index is 11.2. The van der Waals surface area contributed by atoms with Gasteiger partial charge in [0.1, 0.15) is 5.82 Å². The third kappa shape index (κ3) is 2.68. The number of imidazole rings is 1. The van der Waals surface area contributed by atoms with Crippen LogP contribution in [0.4, 0.5) is 5.69 Å². The lowest BCUT2D eigenvalue weighted by Gasteiger charge is -2.07. The average Bonchev–Trinajstić information content (AvgIpc) is 2.84. The van der Waals surface area contributed by atoms with Gasteiger partial charge in [-0.2, -0.15) is 0 Å². The summed E-state index contributed by atoms with van der Waals surface area (Å²) in [7, 11) is 1.63. The zero-order valence-corrected chi connectivity index (χ0v) is 10.3. The fourth-order valence-electron chi connectivity index (χ4n) is 1.77. The summed E-state index contributed by atoms with van der Waals surface area (Å²) in [5.41, 5.74) is 7.41. The number of aryl methyl sites for hydroxylation is 1. The van der Waals surface area contributed by atoms with Crippen molar-refractivity contribution in [3.05, 3.63) is 36.7 Å². The van der Waals surface area contributed by atoms with Gasteiger partial charge in [0, 0.05) is 43.7 Å². The highest BCUT2D eigenvalue weighted by Gasteiger charge is 2.07. The van der Waals surface area contributed by atoms with E-state index in [4.69, 9.17) is 5.73 Å². The van der Waals surface area contributed by atoms with Gasteiger partial charge in [0.15, 0.2) is 0 Å². The number of rotatable bonds is 4. The van der Waals surface area contributed by atoms with Crippen molar-refractivity contribution in [2.75, 3.05) is 12.8 Å². The van der Waals surface area contributed by atoms with Gasteiger partial charge in [-0.05, 0) is 12.1 Å². The Morgan fingerprint density at radius 1 is 1.50 bits per heavy atom. The molecule has 0 aliphatic carbocycles. The first-order valence-corrected chi connectivity index (χ1v) is 5.78. The molecule has 0 aliphatic rings. The van der Waals surface area contributed by atoms with Crippen molar-refractivity contribution in [3.8, 4) is 11.4 Å². The van der Waals surface area contributed by atoms with Crippen molar-refractivity contribution in [3.63, 3.8) is 0 Å². The Balaban J connectivity index is 2.20. The number of nitrogens with one attached hydrogen (secondary N) is 1. The maximum Gasteiger partial charge on any atom is 0.221 e. The van der Waals surface area contributed by atoms with Crippen LogP contribution in [0.25, 0.3) is 11.4 Å². The molecule has 1 heterocycles. The highest BCUT2D eigenvalue weighted by atomic mass is 16.1. The molecular weight excluding hydrogens is 228 g/mol. The van der Waals surface area contributed by atoms with E-state index in [0.717, 1.165) is 11.4 Å². The van der Waals surface area contributed by atoms with Crippen molar-refractivity contribution in [1.82, 2.24) is 14.9 Å². The normalized spacial score (nSPS) is 10.3. The van der Waals surface area contributed by atoms with Crippen LogP contribution < -0.4 is 11.1 Å². The Kier molecular flexibility index (Phi) is 3.62. The van der Waals surface area contributed by atoms with E-state index in [0.29, 0.717) is 18.7 Å². The van der Waals surface area contributed by atoms with Gasteiger partial charge in [0.25, 0.3) is 0 Å². The predicted molar refractivity (Wildman–Crippen MR) is 70.8 cm³/mol. The molecule has 0 atom stereocenters. The minimum Gasteiger partial charge on any atom is -0.399 e. The topological polar surface area (TPSA) is 72.9 Å². The molecule has 3 N–H and O–H groups in total. The number of amides is 1. The van der Waals surface area contributed by atoms with Gasteiger partial charge in [-0.1, -0.05) is 12.1 Å². The minimum atomic E-state index is 0.0159. The van der Waals surface area contributed by atoms with E-state index in [2.05, 4.69) is 10.3 Å². The van der Waals surface area contributed by atoms with Gasteiger partial charge in [0.05, 0.1) is 0 Å². The third-order valence-corrected chi connectivity index (χ3v) is 2.72. The van der Waals surface area contributed by atoms with Crippen LogP contribution in [0.1, 0.15) is 6.42 Å². The van der Waals surface area contributed by atoms with Crippen LogP contribution >= 0.6 is 0 Å². The van der Waals surface area contributed by atoms with Crippen LogP contribution in [0, 0.1) is 0 Å². The van der Waals surface area contributed by atoms with Gasteiger partial charge in [-0.15, -0.1) is 0 Å². The molecule has 1 aromatic heterocycles. The average molecular weight is 244 g/mol. The predicted octanol–water partition coefficient (Wildman–Crippen LogP) is 1.27. The molecule has 0 aliphatic heterocycles. The highest BCUT2D eigenvalue weighted by Crippen LogP contribution is 2.19. The van der Waals surface area contributed by atoms with E-state index in [1.165, 1.54) is 0 Å². The standard InChI is InChI=1S/C13H16N4O/c1-15-12(18)5-7-17-8-6-16-13(17)10-3-2-4-11(14)9-10/h2-4,6,8-9H,5,7,14H2,1H3,(H,15,18). The summed E-state index contributed by atoms with van der Waals surface area (Å²) in [6.45, 7) is 0.601. The van der Waals surface area contributed by atoms with Gasteiger partial charge >= 0.3 is 0 Å². The van der Waals surface area contributed by atoms with Gasteiger partial charge < -0.3 is 15.6 Å². The Morgan fingerprint density at radius 2 is 2.33 bits per heavy atom. The molecule has 1 aromatic carbocycles. The van der Waals surface area contributed by atoms with E-state index in [-0.39, 0.29) is 5.91 Å². The number of hydrogen-bond donors (Lipinski definition) is 2. The van der Waals surface area contributed by atoms with Crippen LogP contribution in [0.3, 0.4) is 0 Å². The molecule has 5 nitrogen and oxygen atoms in total. The Labute approximate surface area is 106 Å². The Morgan fingerprint density at radius 3 is 3.06 bits per heavy atom. The van der Waals surface area contributed by atoms with Crippen LogP contribution in [0.5, 0.6) is 0 Å².